The highest BCUT2D eigenvalue weighted by Crippen LogP contribution is 1.94. The van der Waals surface area contributed by atoms with Crippen molar-refractivity contribution in [2.75, 3.05) is 19.6 Å². The highest BCUT2D eigenvalue weighted by atomic mass is 15.3. The van der Waals surface area contributed by atoms with Crippen LogP contribution in [0.1, 0.15) is 5.69 Å². The molecule has 5 heteroatoms. The number of rotatable bonds is 3. The van der Waals surface area contributed by atoms with Gasteiger partial charge in [0.15, 0.2) is 5.96 Å². The van der Waals surface area contributed by atoms with Crippen molar-refractivity contribution in [2.45, 2.75) is 6.42 Å². The molecular weight excluding hydrogens is 178 g/mol. The molecule has 1 aliphatic heterocycles. The Kier molecular flexibility index (Phi) is 2.67. The van der Waals surface area contributed by atoms with E-state index >= 15 is 0 Å². The van der Waals surface area contributed by atoms with Gasteiger partial charge in [0.1, 0.15) is 0 Å². The molecule has 0 spiro atoms. The lowest BCUT2D eigenvalue weighted by atomic mass is 10.3. The van der Waals surface area contributed by atoms with Gasteiger partial charge in [-0.3, -0.25) is 9.67 Å². The Labute approximate surface area is 83.2 Å². The monoisotopic (exact) mass is 193 g/mol. The molecule has 0 fully saturated rings. The lowest BCUT2D eigenvalue weighted by Gasteiger charge is -2.04. The van der Waals surface area contributed by atoms with Crippen LogP contribution in [0.4, 0.5) is 0 Å². The largest absolute Gasteiger partial charge is 0.356 e. The fourth-order valence-electron chi connectivity index (χ4n) is 1.42. The number of nitrogens with zero attached hydrogens (tertiary/aromatic N) is 3. The predicted molar refractivity (Wildman–Crippen MR) is 55.2 cm³/mol. The van der Waals surface area contributed by atoms with Crippen LogP contribution in [-0.4, -0.2) is 35.4 Å². The summed E-state index contributed by atoms with van der Waals surface area (Å²) >= 11 is 0. The second-order valence-electron chi connectivity index (χ2n) is 3.31. The third-order valence-electron chi connectivity index (χ3n) is 2.12. The first kappa shape index (κ1) is 9.05. The van der Waals surface area contributed by atoms with Crippen LogP contribution >= 0.6 is 0 Å². The minimum Gasteiger partial charge on any atom is -0.356 e. The van der Waals surface area contributed by atoms with E-state index in [1.54, 1.807) is 0 Å². The number of aryl methyl sites for hydroxylation is 1. The molecule has 76 valence electrons. The first-order valence-corrected chi connectivity index (χ1v) is 4.85. The summed E-state index contributed by atoms with van der Waals surface area (Å²) < 4.78 is 1.82. The van der Waals surface area contributed by atoms with Gasteiger partial charge in [-0.2, -0.15) is 5.10 Å². The molecule has 5 nitrogen and oxygen atoms in total. The Morgan fingerprint density at radius 3 is 3.21 bits per heavy atom. The van der Waals surface area contributed by atoms with E-state index in [1.807, 2.05) is 24.0 Å². The van der Waals surface area contributed by atoms with Gasteiger partial charge in [0, 0.05) is 32.8 Å². The number of hydrogen-bond acceptors (Lipinski definition) is 4. The average molecular weight is 193 g/mol. The maximum absolute atomic E-state index is 4.29. The second-order valence-corrected chi connectivity index (χ2v) is 3.31. The van der Waals surface area contributed by atoms with Crippen molar-refractivity contribution >= 4 is 5.96 Å². The van der Waals surface area contributed by atoms with Crippen molar-refractivity contribution in [2.24, 2.45) is 12.0 Å². The molecular formula is C9H15N5. The number of hydrogen-bond donors (Lipinski definition) is 2. The quantitative estimate of drug-likeness (QED) is 0.681. The molecule has 14 heavy (non-hydrogen) atoms. The SMILES string of the molecule is Cn1ccc(CCNC2=NCCN2)n1. The van der Waals surface area contributed by atoms with E-state index in [2.05, 4.69) is 20.7 Å². The molecule has 1 aromatic rings. The van der Waals surface area contributed by atoms with Crippen LogP contribution in [0.15, 0.2) is 17.3 Å². The van der Waals surface area contributed by atoms with E-state index in [-0.39, 0.29) is 0 Å². The highest BCUT2D eigenvalue weighted by Gasteiger charge is 2.03. The van der Waals surface area contributed by atoms with Crippen LogP contribution in [0, 0.1) is 0 Å². The Hall–Kier alpha value is -1.52. The summed E-state index contributed by atoms with van der Waals surface area (Å²) in [5, 5.41) is 10.7. The minimum atomic E-state index is 0.878. The van der Waals surface area contributed by atoms with E-state index in [9.17, 15) is 0 Å². The lowest BCUT2D eigenvalue weighted by molar-refractivity contribution is 0.728. The summed E-state index contributed by atoms with van der Waals surface area (Å²) in [6.45, 7) is 2.71. The zero-order valence-electron chi connectivity index (χ0n) is 8.32. The number of aliphatic imine (C=N–C) groups is 1. The van der Waals surface area contributed by atoms with Crippen molar-refractivity contribution in [1.29, 1.82) is 0 Å². The highest BCUT2D eigenvalue weighted by molar-refractivity contribution is 5.81. The zero-order valence-corrected chi connectivity index (χ0v) is 8.32. The molecule has 0 atom stereocenters. The topological polar surface area (TPSA) is 54.2 Å². The average Bonchev–Trinajstić information content (AvgIpc) is 2.77. The molecule has 0 unspecified atom stereocenters. The van der Waals surface area contributed by atoms with Gasteiger partial charge in [0.05, 0.1) is 12.2 Å². The van der Waals surface area contributed by atoms with Crippen LogP contribution in [-0.2, 0) is 13.5 Å². The van der Waals surface area contributed by atoms with E-state index in [0.29, 0.717) is 0 Å². The summed E-state index contributed by atoms with van der Waals surface area (Å²) in [6.07, 6.45) is 2.89. The van der Waals surface area contributed by atoms with Gasteiger partial charge in [-0.25, -0.2) is 0 Å². The Morgan fingerprint density at radius 1 is 1.64 bits per heavy atom. The number of aromatic nitrogens is 2. The van der Waals surface area contributed by atoms with Crippen molar-refractivity contribution < 1.29 is 0 Å². The molecule has 2 rings (SSSR count). The maximum atomic E-state index is 4.29. The minimum absolute atomic E-state index is 0.878. The molecule has 0 saturated heterocycles. The summed E-state index contributed by atoms with van der Waals surface area (Å²) in [6, 6.07) is 2.03. The van der Waals surface area contributed by atoms with E-state index in [1.165, 1.54) is 0 Å². The summed E-state index contributed by atoms with van der Waals surface area (Å²) in [4.78, 5) is 4.24. The van der Waals surface area contributed by atoms with E-state index in [4.69, 9.17) is 0 Å². The van der Waals surface area contributed by atoms with Gasteiger partial charge < -0.3 is 10.6 Å². The third kappa shape index (κ3) is 2.25. The molecule has 2 N–H and O–H groups in total. The van der Waals surface area contributed by atoms with Gasteiger partial charge in [-0.15, -0.1) is 0 Å². The zero-order chi connectivity index (χ0) is 9.80. The van der Waals surface area contributed by atoms with Crippen molar-refractivity contribution in [1.82, 2.24) is 20.4 Å². The van der Waals surface area contributed by atoms with Crippen LogP contribution < -0.4 is 10.6 Å². The maximum Gasteiger partial charge on any atom is 0.191 e. The van der Waals surface area contributed by atoms with E-state index in [0.717, 1.165) is 37.7 Å². The van der Waals surface area contributed by atoms with Crippen molar-refractivity contribution in [3.8, 4) is 0 Å². The molecule has 0 bridgehead atoms. The van der Waals surface area contributed by atoms with Gasteiger partial charge in [-0.05, 0) is 6.07 Å². The van der Waals surface area contributed by atoms with Crippen LogP contribution in [0.5, 0.6) is 0 Å². The van der Waals surface area contributed by atoms with Crippen LogP contribution in [0.25, 0.3) is 0 Å². The van der Waals surface area contributed by atoms with Crippen LogP contribution in [0.2, 0.25) is 0 Å². The number of guanidine groups is 1. The predicted octanol–water partition coefficient (Wildman–Crippen LogP) is -0.489. The standard InChI is InChI=1S/C9H15N5/c1-14-7-3-8(13-14)2-4-10-9-11-5-6-12-9/h3,7H,2,4-6H2,1H3,(H2,10,11,12). The third-order valence-corrected chi connectivity index (χ3v) is 2.12. The van der Waals surface area contributed by atoms with Gasteiger partial charge >= 0.3 is 0 Å². The Bertz CT molecular complexity index is 328. The first-order valence-electron chi connectivity index (χ1n) is 4.85. The molecule has 1 aliphatic rings. The number of nitrogens with one attached hydrogen (secondary N) is 2. The molecule has 0 amide bonds. The molecule has 0 aliphatic carbocycles. The normalized spacial score (nSPS) is 15.1. The molecule has 1 aromatic heterocycles. The smallest absolute Gasteiger partial charge is 0.191 e. The molecule has 0 aromatic carbocycles. The molecule has 2 heterocycles. The lowest BCUT2D eigenvalue weighted by Crippen LogP contribution is -2.34. The summed E-state index contributed by atoms with van der Waals surface area (Å²) in [5.41, 5.74) is 1.11. The second kappa shape index (κ2) is 4.13. The van der Waals surface area contributed by atoms with Gasteiger partial charge in [0.2, 0.25) is 0 Å². The van der Waals surface area contributed by atoms with Crippen molar-refractivity contribution in [3.63, 3.8) is 0 Å². The fraction of sp³-hybridized carbons (Fsp3) is 0.556. The van der Waals surface area contributed by atoms with Gasteiger partial charge in [-0.1, -0.05) is 0 Å². The summed E-state index contributed by atoms with van der Waals surface area (Å²) in [7, 11) is 1.93. The van der Waals surface area contributed by atoms with E-state index < -0.39 is 0 Å². The molecule has 0 radical (unpaired) electrons. The van der Waals surface area contributed by atoms with Crippen LogP contribution in [0.3, 0.4) is 0 Å². The Balaban J connectivity index is 1.72. The summed E-state index contributed by atoms with van der Waals surface area (Å²) in [5.74, 6) is 0.918. The fourth-order valence-corrected chi connectivity index (χ4v) is 1.42. The Morgan fingerprint density at radius 2 is 2.57 bits per heavy atom. The van der Waals surface area contributed by atoms with Gasteiger partial charge in [0.25, 0.3) is 0 Å². The van der Waals surface area contributed by atoms with Crippen molar-refractivity contribution in [3.05, 3.63) is 18.0 Å². The first-order chi connectivity index (χ1) is 6.84. The molecule has 0 saturated carbocycles.